The fourth-order valence-electron chi connectivity index (χ4n) is 2.65. The number of nitrogens with one attached hydrogen (secondary N) is 2. The summed E-state index contributed by atoms with van der Waals surface area (Å²) in [5.41, 5.74) is 0. The van der Waals surface area contributed by atoms with Gasteiger partial charge in [0.1, 0.15) is 6.23 Å². The molecule has 0 aromatic heterocycles. The van der Waals surface area contributed by atoms with E-state index in [4.69, 9.17) is 14.3 Å². The van der Waals surface area contributed by atoms with E-state index in [-0.39, 0.29) is 38.0 Å². The van der Waals surface area contributed by atoms with Gasteiger partial charge in [-0.1, -0.05) is 13.3 Å². The number of carbonyl (C=O) groups excluding carboxylic acids is 3. The topological polar surface area (TPSA) is 147 Å². The van der Waals surface area contributed by atoms with Crippen LogP contribution < -0.4 is 10.6 Å². The molecule has 1 aliphatic heterocycles. The minimum atomic E-state index is -1.09. The largest absolute Gasteiger partial charge is 0.379 e. The zero-order valence-electron chi connectivity index (χ0n) is 17.6. The fourth-order valence-corrected chi connectivity index (χ4v) is 2.65. The minimum Gasteiger partial charge on any atom is -0.379 e. The molecule has 11 heteroatoms. The van der Waals surface area contributed by atoms with Crippen molar-refractivity contribution in [3.8, 4) is 0 Å². The lowest BCUT2D eigenvalue weighted by molar-refractivity contribution is -0.220. The Hall–Kier alpha value is -1.79. The number of nitrogens with zero attached hydrogens (tertiary/aromatic N) is 1. The van der Waals surface area contributed by atoms with Gasteiger partial charge in [0.05, 0.1) is 26.4 Å². The van der Waals surface area contributed by atoms with Crippen LogP contribution in [-0.2, 0) is 28.7 Å². The summed E-state index contributed by atoms with van der Waals surface area (Å²) >= 11 is 0. The zero-order valence-corrected chi connectivity index (χ0v) is 17.6. The highest BCUT2D eigenvalue weighted by Crippen LogP contribution is 2.17. The SMILES string of the molecule is CCCC(O)NCCOCCOCCNC(=O)CCCC(=O)ON1C(=O)CCC1O. The van der Waals surface area contributed by atoms with E-state index in [0.717, 1.165) is 6.42 Å². The third-order valence-electron chi connectivity index (χ3n) is 4.25. The lowest BCUT2D eigenvalue weighted by Crippen LogP contribution is -2.35. The van der Waals surface area contributed by atoms with Gasteiger partial charge in [0, 0.05) is 38.8 Å². The van der Waals surface area contributed by atoms with Gasteiger partial charge in [0.25, 0.3) is 5.91 Å². The van der Waals surface area contributed by atoms with Gasteiger partial charge < -0.3 is 29.8 Å². The van der Waals surface area contributed by atoms with Gasteiger partial charge in [-0.25, -0.2) is 4.79 Å². The molecule has 0 aliphatic carbocycles. The maximum Gasteiger partial charge on any atom is 0.332 e. The normalized spacial score (nSPS) is 17.2. The molecule has 174 valence electrons. The van der Waals surface area contributed by atoms with Crippen molar-refractivity contribution in [3.63, 3.8) is 0 Å². The summed E-state index contributed by atoms with van der Waals surface area (Å²) in [5.74, 6) is -1.30. The van der Waals surface area contributed by atoms with Crippen LogP contribution >= 0.6 is 0 Å². The Morgan fingerprint density at radius 2 is 1.87 bits per heavy atom. The Bertz CT molecular complexity index is 520. The van der Waals surface area contributed by atoms with Crippen molar-refractivity contribution in [2.24, 2.45) is 0 Å². The first kappa shape index (κ1) is 26.2. The van der Waals surface area contributed by atoms with Crippen LogP contribution in [0, 0.1) is 0 Å². The molecular formula is C19H35N3O8. The summed E-state index contributed by atoms with van der Waals surface area (Å²) in [6.07, 6.45) is 0.818. The molecule has 0 aromatic carbocycles. The lowest BCUT2D eigenvalue weighted by atomic mass is 10.2. The maximum absolute atomic E-state index is 11.7. The highest BCUT2D eigenvalue weighted by molar-refractivity contribution is 5.80. The average molecular weight is 434 g/mol. The minimum absolute atomic E-state index is 0.0257. The van der Waals surface area contributed by atoms with E-state index in [2.05, 4.69) is 10.6 Å². The summed E-state index contributed by atoms with van der Waals surface area (Å²) in [7, 11) is 0. The summed E-state index contributed by atoms with van der Waals surface area (Å²) in [6, 6.07) is 0. The smallest absolute Gasteiger partial charge is 0.332 e. The number of ether oxygens (including phenoxy) is 2. The predicted molar refractivity (Wildman–Crippen MR) is 106 cm³/mol. The molecule has 2 atom stereocenters. The van der Waals surface area contributed by atoms with Crippen LogP contribution in [0.1, 0.15) is 51.9 Å². The van der Waals surface area contributed by atoms with E-state index in [1.54, 1.807) is 0 Å². The molecule has 0 bridgehead atoms. The van der Waals surface area contributed by atoms with Crippen molar-refractivity contribution in [1.29, 1.82) is 0 Å². The van der Waals surface area contributed by atoms with Crippen molar-refractivity contribution >= 4 is 17.8 Å². The fraction of sp³-hybridized carbons (Fsp3) is 0.842. The van der Waals surface area contributed by atoms with Crippen LogP contribution in [0.15, 0.2) is 0 Å². The molecule has 1 aliphatic rings. The van der Waals surface area contributed by atoms with Gasteiger partial charge in [-0.3, -0.25) is 14.9 Å². The number of hydroxylamine groups is 2. The Morgan fingerprint density at radius 1 is 1.17 bits per heavy atom. The van der Waals surface area contributed by atoms with Crippen LogP contribution in [0.25, 0.3) is 0 Å². The molecular weight excluding hydrogens is 398 g/mol. The molecule has 1 saturated heterocycles. The first-order valence-corrected chi connectivity index (χ1v) is 10.5. The second-order valence-electron chi connectivity index (χ2n) is 6.89. The predicted octanol–water partition coefficient (Wildman–Crippen LogP) is -0.587. The molecule has 2 unspecified atom stereocenters. The Kier molecular flexibility index (Phi) is 14.0. The third kappa shape index (κ3) is 12.0. The summed E-state index contributed by atoms with van der Waals surface area (Å²) in [4.78, 5) is 39.6. The Balaban J connectivity index is 1.89. The molecule has 0 saturated carbocycles. The molecule has 2 amide bonds. The first-order chi connectivity index (χ1) is 14.4. The van der Waals surface area contributed by atoms with E-state index in [1.807, 2.05) is 6.92 Å². The number of amides is 2. The highest BCUT2D eigenvalue weighted by Gasteiger charge is 2.32. The molecule has 11 nitrogen and oxygen atoms in total. The Morgan fingerprint density at radius 3 is 2.50 bits per heavy atom. The van der Waals surface area contributed by atoms with Crippen molar-refractivity contribution in [3.05, 3.63) is 0 Å². The molecule has 1 rings (SSSR count). The van der Waals surface area contributed by atoms with E-state index < -0.39 is 24.3 Å². The third-order valence-corrected chi connectivity index (χ3v) is 4.25. The van der Waals surface area contributed by atoms with Crippen LogP contribution in [0.5, 0.6) is 0 Å². The molecule has 1 heterocycles. The van der Waals surface area contributed by atoms with E-state index in [9.17, 15) is 24.6 Å². The van der Waals surface area contributed by atoms with Crippen molar-refractivity contribution < 1.29 is 38.9 Å². The molecule has 1 fully saturated rings. The van der Waals surface area contributed by atoms with Crippen LogP contribution in [0.3, 0.4) is 0 Å². The molecule has 0 spiro atoms. The van der Waals surface area contributed by atoms with Gasteiger partial charge in [0.15, 0.2) is 6.23 Å². The van der Waals surface area contributed by atoms with Crippen molar-refractivity contribution in [1.82, 2.24) is 15.7 Å². The second kappa shape index (κ2) is 16.0. The van der Waals surface area contributed by atoms with E-state index in [1.165, 1.54) is 0 Å². The van der Waals surface area contributed by atoms with Gasteiger partial charge in [-0.2, -0.15) is 0 Å². The maximum atomic E-state index is 11.7. The second-order valence-corrected chi connectivity index (χ2v) is 6.89. The van der Waals surface area contributed by atoms with Crippen LogP contribution in [0.4, 0.5) is 0 Å². The summed E-state index contributed by atoms with van der Waals surface area (Å²) < 4.78 is 10.7. The highest BCUT2D eigenvalue weighted by atomic mass is 16.7. The number of hydrogen-bond acceptors (Lipinski definition) is 9. The van der Waals surface area contributed by atoms with Crippen LogP contribution in [-0.4, -0.2) is 85.0 Å². The Labute approximate surface area is 177 Å². The van der Waals surface area contributed by atoms with Crippen molar-refractivity contribution in [2.75, 3.05) is 39.5 Å². The molecule has 0 aromatic rings. The average Bonchev–Trinajstić information content (AvgIpc) is 3.01. The number of aliphatic hydroxyl groups excluding tert-OH is 2. The van der Waals surface area contributed by atoms with E-state index in [0.29, 0.717) is 51.0 Å². The number of aliphatic hydroxyl groups is 2. The summed E-state index contributed by atoms with van der Waals surface area (Å²) in [5, 5.41) is 25.3. The lowest BCUT2D eigenvalue weighted by Gasteiger charge is -2.18. The number of rotatable bonds is 17. The molecule has 4 N–H and O–H groups in total. The quantitative estimate of drug-likeness (QED) is 0.175. The van der Waals surface area contributed by atoms with Crippen molar-refractivity contribution in [2.45, 2.75) is 64.3 Å². The van der Waals surface area contributed by atoms with Gasteiger partial charge in [-0.15, -0.1) is 5.06 Å². The number of hydrogen-bond donors (Lipinski definition) is 4. The zero-order chi connectivity index (χ0) is 22.2. The monoisotopic (exact) mass is 433 g/mol. The van der Waals surface area contributed by atoms with E-state index >= 15 is 0 Å². The summed E-state index contributed by atoms with van der Waals surface area (Å²) in [6.45, 7) is 4.58. The van der Waals surface area contributed by atoms with Crippen LogP contribution in [0.2, 0.25) is 0 Å². The number of carbonyl (C=O) groups is 3. The standard InChI is InChI=1S/C19H35N3O8/c1-2-4-15(23)20-9-11-28-13-14-29-12-10-21-16(24)5-3-6-19(27)30-22-17(25)7-8-18(22)26/h15,17,20,23,25H,2-14H2,1H3,(H,21,24). The van der Waals surface area contributed by atoms with Gasteiger partial charge in [0.2, 0.25) is 5.91 Å². The van der Waals surface area contributed by atoms with Gasteiger partial charge in [-0.05, 0) is 12.8 Å². The molecule has 30 heavy (non-hydrogen) atoms. The first-order valence-electron chi connectivity index (χ1n) is 10.5. The molecule has 0 radical (unpaired) electrons. The van der Waals surface area contributed by atoms with Gasteiger partial charge >= 0.3 is 5.97 Å².